The first kappa shape index (κ1) is 49.4. The van der Waals surface area contributed by atoms with Gasteiger partial charge in [-0.15, -0.1) is 0 Å². The Morgan fingerprint density at radius 2 is 1.18 bits per heavy atom. The van der Waals surface area contributed by atoms with Crippen LogP contribution in [0.15, 0.2) is 127 Å². The van der Waals surface area contributed by atoms with E-state index in [1.165, 1.54) is 48.7 Å². The minimum Gasteiger partial charge on any atom is -0.494 e. The Morgan fingerprint density at radius 3 is 1.71 bits per heavy atom. The summed E-state index contributed by atoms with van der Waals surface area (Å²) in [6, 6.07) is 23.0. The second-order valence-electron chi connectivity index (χ2n) is 14.5. The third-order valence-electron chi connectivity index (χ3n) is 9.29. The number of fused-ring (bicyclic) bond motifs is 1. The highest BCUT2D eigenvalue weighted by Gasteiger charge is 2.23. The van der Waals surface area contributed by atoms with Crippen molar-refractivity contribution in [2.45, 2.75) is 58.3 Å². The van der Waals surface area contributed by atoms with Crippen molar-refractivity contribution >= 4 is 62.7 Å². The van der Waals surface area contributed by atoms with Crippen LogP contribution in [0.1, 0.15) is 84.6 Å². The molecular formula is C50H51N3O12S. The molecule has 344 valence electrons. The fourth-order valence-corrected chi connectivity index (χ4v) is 6.67. The van der Waals surface area contributed by atoms with E-state index in [2.05, 4.69) is 35.2 Å². The minimum atomic E-state index is -0.825. The number of nitrogens with one attached hydrogen (secondary N) is 1. The van der Waals surface area contributed by atoms with Crippen molar-refractivity contribution in [1.82, 2.24) is 4.98 Å². The Kier molecular flexibility index (Phi) is 19.7. The fourth-order valence-electron chi connectivity index (χ4n) is 5.85. The van der Waals surface area contributed by atoms with Crippen LogP contribution in [0.4, 0.5) is 5.13 Å². The van der Waals surface area contributed by atoms with Gasteiger partial charge < -0.3 is 33.2 Å². The van der Waals surface area contributed by atoms with Gasteiger partial charge in [0.15, 0.2) is 11.5 Å². The van der Waals surface area contributed by atoms with E-state index in [1.807, 2.05) is 24.3 Å². The highest BCUT2D eigenvalue weighted by Crippen LogP contribution is 2.37. The monoisotopic (exact) mass is 917 g/mol. The highest BCUT2D eigenvalue weighted by atomic mass is 32.1. The summed E-state index contributed by atoms with van der Waals surface area (Å²) in [6.45, 7) is 13.5. The summed E-state index contributed by atoms with van der Waals surface area (Å²) in [6.07, 6.45) is 10.1. The van der Waals surface area contributed by atoms with E-state index in [1.54, 1.807) is 36.4 Å². The minimum absolute atomic E-state index is 0.0528. The van der Waals surface area contributed by atoms with Crippen LogP contribution < -0.4 is 29.1 Å². The van der Waals surface area contributed by atoms with Crippen molar-refractivity contribution in [3.8, 4) is 28.7 Å². The standard InChI is InChI=1S/C50H51N3O12S/c1-5-44(54)61-29-15-9-7-13-27-59-38-23-19-35(20-24-38)48(57)63-40-31-37(33-51-53-50-52-41-17-11-12-18-43(41)66-50)46(42(32-40)64-47(56)34(3)4)65-49(58)36-21-25-39(26-22-36)60-28-14-8-10-16-30-62-45(55)6-2/h5-6,11-12,17-26,31-33H,1-3,7-10,13-16,27-30H2,4H3,(H,52,53)/b51-33+. The molecule has 1 aromatic heterocycles. The lowest BCUT2D eigenvalue weighted by Crippen LogP contribution is -2.15. The Bertz CT molecular complexity index is 2480. The number of benzene rings is 4. The third-order valence-corrected chi connectivity index (χ3v) is 10.2. The van der Waals surface area contributed by atoms with Crippen LogP contribution in [0.5, 0.6) is 28.7 Å². The predicted octanol–water partition coefficient (Wildman–Crippen LogP) is 10.00. The zero-order chi connectivity index (χ0) is 47.1. The molecular weight excluding hydrogens is 867 g/mol. The number of carbonyl (C=O) groups is 5. The summed E-state index contributed by atoms with van der Waals surface area (Å²) < 4.78 is 39.9. The molecule has 0 atom stereocenters. The number of hydrogen-bond acceptors (Lipinski definition) is 16. The summed E-state index contributed by atoms with van der Waals surface area (Å²) in [5, 5.41) is 4.82. The maximum atomic E-state index is 13.7. The summed E-state index contributed by atoms with van der Waals surface area (Å²) in [5.41, 5.74) is 4.18. The van der Waals surface area contributed by atoms with E-state index in [4.69, 9.17) is 33.2 Å². The number of thiazole rings is 1. The molecule has 0 radical (unpaired) electrons. The van der Waals surface area contributed by atoms with Crippen LogP contribution in [0.25, 0.3) is 10.2 Å². The van der Waals surface area contributed by atoms with Crippen molar-refractivity contribution in [3.05, 3.63) is 139 Å². The van der Waals surface area contributed by atoms with Gasteiger partial charge in [-0.05, 0) is 125 Å². The lowest BCUT2D eigenvalue weighted by molar-refractivity contribution is -0.138. The molecule has 1 N–H and O–H groups in total. The number of hydrazone groups is 1. The number of esters is 5. The molecule has 0 aliphatic rings. The molecule has 0 unspecified atom stereocenters. The van der Waals surface area contributed by atoms with Crippen LogP contribution in [0, 0.1) is 0 Å². The number of ether oxygens (including phenoxy) is 7. The van der Waals surface area contributed by atoms with E-state index in [9.17, 15) is 24.0 Å². The van der Waals surface area contributed by atoms with Gasteiger partial charge in [0.05, 0.1) is 54.0 Å². The largest absolute Gasteiger partial charge is 0.494 e. The first-order valence-electron chi connectivity index (χ1n) is 21.2. The van der Waals surface area contributed by atoms with Gasteiger partial charge in [0.1, 0.15) is 17.2 Å². The van der Waals surface area contributed by atoms with E-state index in [0.29, 0.717) is 43.1 Å². The fraction of sp³-hybridized carbons (Fsp3) is 0.260. The van der Waals surface area contributed by atoms with Crippen LogP contribution in [0.3, 0.4) is 0 Å². The number of anilines is 1. The number of carbonyl (C=O) groups excluding carboxylic acids is 5. The molecule has 5 aromatic rings. The molecule has 0 saturated carbocycles. The lowest BCUT2D eigenvalue weighted by atomic mass is 10.1. The van der Waals surface area contributed by atoms with E-state index in [-0.39, 0.29) is 39.5 Å². The van der Waals surface area contributed by atoms with Gasteiger partial charge in [-0.2, -0.15) is 5.10 Å². The van der Waals surface area contributed by atoms with Crippen molar-refractivity contribution in [3.63, 3.8) is 0 Å². The number of hydrogen-bond donors (Lipinski definition) is 1. The maximum absolute atomic E-state index is 13.7. The van der Waals surface area contributed by atoms with E-state index < -0.39 is 29.8 Å². The number of unbranched alkanes of at least 4 members (excludes halogenated alkanes) is 6. The summed E-state index contributed by atoms with van der Waals surface area (Å²) in [7, 11) is 0. The van der Waals surface area contributed by atoms with Crippen molar-refractivity contribution in [1.29, 1.82) is 0 Å². The van der Waals surface area contributed by atoms with Gasteiger partial charge in [-0.1, -0.05) is 43.2 Å². The molecule has 0 saturated heterocycles. The van der Waals surface area contributed by atoms with Crippen molar-refractivity contribution < 1.29 is 57.1 Å². The maximum Gasteiger partial charge on any atom is 0.343 e. The molecule has 0 aliphatic carbocycles. The highest BCUT2D eigenvalue weighted by molar-refractivity contribution is 7.22. The number of aromatic nitrogens is 1. The zero-order valence-electron chi connectivity index (χ0n) is 36.6. The van der Waals surface area contributed by atoms with Gasteiger partial charge in [0.2, 0.25) is 5.13 Å². The first-order chi connectivity index (χ1) is 32.0. The van der Waals surface area contributed by atoms with Crippen molar-refractivity contribution in [2.24, 2.45) is 5.10 Å². The quantitative estimate of drug-likeness (QED) is 0.0131. The third kappa shape index (κ3) is 16.2. The number of rotatable bonds is 27. The average Bonchev–Trinajstić information content (AvgIpc) is 3.74. The van der Waals surface area contributed by atoms with Gasteiger partial charge in [0, 0.05) is 29.4 Å². The second-order valence-corrected chi connectivity index (χ2v) is 15.5. The Hall–Kier alpha value is -7.59. The van der Waals surface area contributed by atoms with Crippen LogP contribution in [0.2, 0.25) is 0 Å². The molecule has 0 amide bonds. The van der Waals surface area contributed by atoms with Gasteiger partial charge >= 0.3 is 29.8 Å². The van der Waals surface area contributed by atoms with Gasteiger partial charge in [-0.25, -0.2) is 29.0 Å². The average molecular weight is 918 g/mol. The predicted molar refractivity (Wildman–Crippen MR) is 251 cm³/mol. The molecule has 4 aromatic carbocycles. The van der Waals surface area contributed by atoms with Gasteiger partial charge in [-0.3, -0.25) is 5.43 Å². The smallest absolute Gasteiger partial charge is 0.343 e. The van der Waals surface area contributed by atoms with Crippen LogP contribution >= 0.6 is 11.3 Å². The molecule has 16 heteroatoms. The summed E-state index contributed by atoms with van der Waals surface area (Å²) >= 11 is 1.37. The number of para-hydroxylation sites is 1. The Morgan fingerprint density at radius 1 is 0.652 bits per heavy atom. The molecule has 0 bridgehead atoms. The molecule has 1 heterocycles. The normalized spacial score (nSPS) is 10.7. The molecule has 5 rings (SSSR count). The van der Waals surface area contributed by atoms with E-state index >= 15 is 0 Å². The van der Waals surface area contributed by atoms with Crippen LogP contribution in [-0.4, -0.2) is 67.5 Å². The molecule has 66 heavy (non-hydrogen) atoms. The Balaban J connectivity index is 1.28. The zero-order valence-corrected chi connectivity index (χ0v) is 37.4. The van der Waals surface area contributed by atoms with Gasteiger partial charge in [0.25, 0.3) is 0 Å². The van der Waals surface area contributed by atoms with E-state index in [0.717, 1.165) is 73.7 Å². The summed E-state index contributed by atoms with van der Waals surface area (Å²) in [4.78, 5) is 67.0. The molecule has 15 nitrogen and oxygen atoms in total. The number of nitrogens with zero attached hydrogens (tertiary/aromatic N) is 2. The molecule has 0 spiro atoms. The topological polar surface area (TPSA) is 187 Å². The Labute approximate surface area is 386 Å². The van der Waals surface area contributed by atoms with Crippen molar-refractivity contribution in [2.75, 3.05) is 31.9 Å². The second kappa shape index (κ2) is 26.3. The lowest BCUT2D eigenvalue weighted by Gasteiger charge is -2.15. The molecule has 0 aliphatic heterocycles. The molecule has 0 fully saturated rings. The first-order valence-corrected chi connectivity index (χ1v) is 22.0. The summed E-state index contributed by atoms with van der Waals surface area (Å²) in [5.74, 6) is -2.62. The SMILES string of the molecule is C=CC(=O)OCCCCCCOc1ccc(C(=O)Oc2cc(/C=N/Nc3nc4ccccc4s3)c(OC(=O)c3ccc(OCCCCCCOC(=O)C=C)cc3)c(OC(=O)C(=C)C)c2)cc1. The van der Waals surface area contributed by atoms with Crippen LogP contribution in [-0.2, 0) is 23.9 Å².